The molecular formula is C11H21N5O. The van der Waals surface area contributed by atoms with Gasteiger partial charge in [0.15, 0.2) is 5.82 Å². The first-order valence-corrected chi connectivity index (χ1v) is 6.21. The molecule has 6 nitrogen and oxygen atoms in total. The van der Waals surface area contributed by atoms with Crippen molar-refractivity contribution in [3.63, 3.8) is 0 Å². The van der Waals surface area contributed by atoms with Crippen LogP contribution in [0.2, 0.25) is 0 Å². The van der Waals surface area contributed by atoms with Crippen LogP contribution in [0.15, 0.2) is 0 Å². The van der Waals surface area contributed by atoms with Crippen molar-refractivity contribution in [2.75, 3.05) is 13.7 Å². The molecule has 1 fully saturated rings. The number of methoxy groups -OCH3 is 1. The third kappa shape index (κ3) is 2.47. The topological polar surface area (TPSA) is 64.9 Å². The van der Waals surface area contributed by atoms with E-state index in [0.717, 1.165) is 31.6 Å². The lowest BCUT2D eigenvalue weighted by atomic mass is 9.73. The van der Waals surface area contributed by atoms with Gasteiger partial charge in [-0.2, -0.15) is 4.80 Å². The van der Waals surface area contributed by atoms with Crippen molar-refractivity contribution >= 4 is 0 Å². The van der Waals surface area contributed by atoms with Gasteiger partial charge in [-0.05, 0) is 31.0 Å². The summed E-state index contributed by atoms with van der Waals surface area (Å²) in [7, 11) is 3.59. The normalized spacial score (nSPS) is 19.9. The van der Waals surface area contributed by atoms with Gasteiger partial charge in [0, 0.05) is 19.6 Å². The molecule has 1 atom stereocenters. The molecule has 6 heteroatoms. The van der Waals surface area contributed by atoms with Gasteiger partial charge in [-0.15, -0.1) is 10.2 Å². The summed E-state index contributed by atoms with van der Waals surface area (Å²) >= 11 is 0. The van der Waals surface area contributed by atoms with E-state index in [2.05, 4.69) is 27.7 Å². The Labute approximate surface area is 102 Å². The van der Waals surface area contributed by atoms with Gasteiger partial charge in [-0.1, -0.05) is 6.92 Å². The van der Waals surface area contributed by atoms with Crippen LogP contribution in [-0.2, 0) is 18.2 Å². The van der Waals surface area contributed by atoms with Crippen molar-refractivity contribution < 1.29 is 4.74 Å². The van der Waals surface area contributed by atoms with Crippen LogP contribution in [0.1, 0.15) is 32.0 Å². The lowest BCUT2D eigenvalue weighted by molar-refractivity contribution is -0.0981. The van der Waals surface area contributed by atoms with Crippen LogP contribution < -0.4 is 5.32 Å². The van der Waals surface area contributed by atoms with E-state index in [4.69, 9.17) is 4.74 Å². The number of likely N-dealkylation sites (N-methyl/N-ethyl adjacent to an activating group) is 1. The van der Waals surface area contributed by atoms with Crippen LogP contribution >= 0.6 is 0 Å². The summed E-state index contributed by atoms with van der Waals surface area (Å²) in [6.45, 7) is 3.04. The van der Waals surface area contributed by atoms with E-state index in [0.29, 0.717) is 0 Å². The second kappa shape index (κ2) is 5.10. The zero-order valence-electron chi connectivity index (χ0n) is 10.8. The average Bonchev–Trinajstić information content (AvgIpc) is 2.63. The van der Waals surface area contributed by atoms with Crippen molar-refractivity contribution in [2.45, 2.75) is 44.2 Å². The molecular weight excluding hydrogens is 218 g/mol. The summed E-state index contributed by atoms with van der Waals surface area (Å²) in [5, 5.41) is 15.6. The van der Waals surface area contributed by atoms with Gasteiger partial charge >= 0.3 is 0 Å². The predicted octanol–water partition coefficient (Wildman–Crippen LogP) is 0.300. The molecule has 1 aromatic rings. The molecule has 1 unspecified atom stereocenters. The number of ether oxygens (including phenoxy) is 1. The molecule has 0 radical (unpaired) electrons. The van der Waals surface area contributed by atoms with Crippen LogP contribution in [-0.4, -0.2) is 45.5 Å². The number of nitrogens with one attached hydrogen (secondary N) is 1. The van der Waals surface area contributed by atoms with Gasteiger partial charge in [0.25, 0.3) is 0 Å². The second-order valence-corrected chi connectivity index (χ2v) is 4.63. The van der Waals surface area contributed by atoms with E-state index >= 15 is 0 Å². The first-order valence-electron chi connectivity index (χ1n) is 6.21. The smallest absolute Gasteiger partial charge is 0.176 e. The minimum Gasteiger partial charge on any atom is -0.377 e. The fraction of sp³-hybridized carbons (Fsp3) is 0.909. The maximum absolute atomic E-state index is 5.72. The molecule has 0 aromatic carbocycles. The molecule has 1 aromatic heterocycles. The lowest BCUT2D eigenvalue weighted by Crippen LogP contribution is -2.57. The molecule has 17 heavy (non-hydrogen) atoms. The zero-order valence-corrected chi connectivity index (χ0v) is 10.8. The first kappa shape index (κ1) is 12.4. The summed E-state index contributed by atoms with van der Waals surface area (Å²) in [6.07, 6.45) is 4.24. The van der Waals surface area contributed by atoms with Crippen LogP contribution in [0.3, 0.4) is 0 Å². The SMILES string of the molecule is CCNC(Cc1nnn(C)n1)C1(OC)CCC1. The Bertz CT molecular complexity index is 355. The van der Waals surface area contributed by atoms with Gasteiger partial charge in [0.05, 0.1) is 12.6 Å². The Morgan fingerprint density at radius 3 is 2.71 bits per heavy atom. The minimum absolute atomic E-state index is 0.0325. The maximum Gasteiger partial charge on any atom is 0.176 e. The van der Waals surface area contributed by atoms with Crippen molar-refractivity contribution in [3.8, 4) is 0 Å². The molecule has 96 valence electrons. The molecule has 0 saturated heterocycles. The van der Waals surface area contributed by atoms with Crippen molar-refractivity contribution in [1.82, 2.24) is 25.5 Å². The fourth-order valence-electron chi connectivity index (χ4n) is 2.50. The summed E-state index contributed by atoms with van der Waals surface area (Å²) in [4.78, 5) is 1.50. The summed E-state index contributed by atoms with van der Waals surface area (Å²) in [6, 6.07) is 0.274. The van der Waals surface area contributed by atoms with Crippen molar-refractivity contribution in [3.05, 3.63) is 5.82 Å². The van der Waals surface area contributed by atoms with Gasteiger partial charge in [-0.3, -0.25) is 0 Å². The Morgan fingerprint density at radius 2 is 2.29 bits per heavy atom. The summed E-state index contributed by atoms with van der Waals surface area (Å²) in [5.74, 6) is 0.779. The van der Waals surface area contributed by atoms with Crippen LogP contribution in [0.25, 0.3) is 0 Å². The van der Waals surface area contributed by atoms with E-state index in [1.54, 1.807) is 14.2 Å². The molecule has 0 aliphatic heterocycles. The monoisotopic (exact) mass is 239 g/mol. The van der Waals surface area contributed by atoms with Gasteiger partial charge in [-0.25, -0.2) is 0 Å². The minimum atomic E-state index is -0.0325. The van der Waals surface area contributed by atoms with E-state index in [-0.39, 0.29) is 11.6 Å². The third-order valence-electron chi connectivity index (χ3n) is 3.63. The van der Waals surface area contributed by atoms with E-state index in [1.807, 2.05) is 0 Å². The predicted molar refractivity (Wildman–Crippen MR) is 63.6 cm³/mol. The van der Waals surface area contributed by atoms with Crippen LogP contribution in [0.5, 0.6) is 0 Å². The summed E-state index contributed by atoms with van der Waals surface area (Å²) < 4.78 is 5.72. The van der Waals surface area contributed by atoms with Crippen LogP contribution in [0, 0.1) is 0 Å². The van der Waals surface area contributed by atoms with Gasteiger partial charge in [0.1, 0.15) is 0 Å². The number of tetrazole rings is 1. The Morgan fingerprint density at radius 1 is 1.53 bits per heavy atom. The highest BCUT2D eigenvalue weighted by Gasteiger charge is 2.44. The molecule has 1 aliphatic rings. The Balaban J connectivity index is 2.06. The van der Waals surface area contributed by atoms with E-state index in [1.165, 1.54) is 11.2 Å². The third-order valence-corrected chi connectivity index (χ3v) is 3.63. The summed E-state index contributed by atoms with van der Waals surface area (Å²) in [5.41, 5.74) is -0.0325. The Hall–Kier alpha value is -1.01. The molecule has 1 heterocycles. The first-order chi connectivity index (χ1) is 8.20. The molecule has 1 aliphatic carbocycles. The molecule has 0 amide bonds. The number of aryl methyl sites for hydroxylation is 1. The highest BCUT2D eigenvalue weighted by molar-refractivity contribution is 5.03. The van der Waals surface area contributed by atoms with Crippen molar-refractivity contribution in [2.24, 2.45) is 7.05 Å². The van der Waals surface area contributed by atoms with Gasteiger partial charge < -0.3 is 10.1 Å². The number of nitrogens with zero attached hydrogens (tertiary/aromatic N) is 4. The Kier molecular flexibility index (Phi) is 3.73. The fourth-order valence-corrected chi connectivity index (χ4v) is 2.50. The second-order valence-electron chi connectivity index (χ2n) is 4.63. The molecule has 1 saturated carbocycles. The molecule has 0 bridgehead atoms. The number of hydrogen-bond donors (Lipinski definition) is 1. The lowest BCUT2D eigenvalue weighted by Gasteiger charge is -2.46. The molecule has 1 N–H and O–H groups in total. The number of hydrogen-bond acceptors (Lipinski definition) is 5. The highest BCUT2D eigenvalue weighted by atomic mass is 16.5. The highest BCUT2D eigenvalue weighted by Crippen LogP contribution is 2.38. The number of rotatable bonds is 6. The molecule has 2 rings (SSSR count). The number of aromatic nitrogens is 4. The largest absolute Gasteiger partial charge is 0.377 e. The zero-order chi connectivity index (χ0) is 12.3. The standard InChI is InChI=1S/C11H21N5O/c1-4-12-9(11(17-3)6-5-7-11)8-10-13-15-16(2)14-10/h9,12H,4-8H2,1-3H3. The van der Waals surface area contributed by atoms with Crippen molar-refractivity contribution in [1.29, 1.82) is 0 Å². The van der Waals surface area contributed by atoms with Crippen LogP contribution in [0.4, 0.5) is 0 Å². The van der Waals surface area contributed by atoms with E-state index in [9.17, 15) is 0 Å². The average molecular weight is 239 g/mol. The molecule has 0 spiro atoms. The van der Waals surface area contributed by atoms with E-state index < -0.39 is 0 Å². The quantitative estimate of drug-likeness (QED) is 0.773. The van der Waals surface area contributed by atoms with Gasteiger partial charge in [0.2, 0.25) is 0 Å². The maximum atomic E-state index is 5.72.